The van der Waals surface area contributed by atoms with Crippen LogP contribution in [0.4, 0.5) is 11.4 Å². The van der Waals surface area contributed by atoms with Gasteiger partial charge in [-0.3, -0.25) is 19.3 Å². The topological polar surface area (TPSA) is 93.8 Å². The van der Waals surface area contributed by atoms with Crippen molar-refractivity contribution in [3.05, 3.63) is 60.2 Å². The fourth-order valence-corrected chi connectivity index (χ4v) is 4.57. The van der Waals surface area contributed by atoms with E-state index in [1.807, 2.05) is 73.6 Å². The van der Waals surface area contributed by atoms with Gasteiger partial charge in [-0.25, -0.2) is 0 Å². The molecule has 2 aromatic carbocycles. The molecule has 3 amide bonds. The molecule has 0 spiro atoms. The highest BCUT2D eigenvalue weighted by atomic mass is 16.2. The van der Waals surface area contributed by atoms with Crippen LogP contribution in [0.3, 0.4) is 0 Å². The molecule has 0 saturated carbocycles. The molecule has 3 N–H and O–H groups in total. The van der Waals surface area contributed by atoms with Crippen molar-refractivity contribution in [1.29, 1.82) is 0 Å². The second-order valence-electron chi connectivity index (χ2n) is 8.91. The molecule has 33 heavy (non-hydrogen) atoms. The van der Waals surface area contributed by atoms with E-state index in [-0.39, 0.29) is 35.8 Å². The number of hydrogen-bond donors (Lipinski definition) is 3. The first kappa shape index (κ1) is 22.8. The first-order valence-corrected chi connectivity index (χ1v) is 11.4. The number of nitrogens with zero attached hydrogens (tertiary/aromatic N) is 2. The molecule has 174 valence electrons. The smallest absolute Gasteiger partial charge is 0.251 e. The third-order valence-corrected chi connectivity index (χ3v) is 6.37. The van der Waals surface area contributed by atoms with Gasteiger partial charge in [-0.05, 0) is 49.2 Å². The Morgan fingerprint density at radius 3 is 2.52 bits per heavy atom. The SMILES string of the molecule is CN(C)c1ccc(C(=O)NC2CC3C(=O)NCC(CCC(=O)Nc4ccccc4)N3C2)cc1. The fraction of sp³-hybridized carbons (Fsp3) is 0.400. The Kier molecular flexibility index (Phi) is 6.93. The number of hydrogen-bond acceptors (Lipinski definition) is 5. The van der Waals surface area contributed by atoms with Crippen LogP contribution in [0.15, 0.2) is 54.6 Å². The maximum Gasteiger partial charge on any atom is 0.251 e. The summed E-state index contributed by atoms with van der Waals surface area (Å²) in [5.41, 5.74) is 2.41. The van der Waals surface area contributed by atoms with Gasteiger partial charge in [-0.15, -0.1) is 0 Å². The minimum atomic E-state index is -0.276. The predicted octanol–water partition coefficient (Wildman–Crippen LogP) is 1.84. The lowest BCUT2D eigenvalue weighted by atomic mass is 10.0. The van der Waals surface area contributed by atoms with Gasteiger partial charge in [0.1, 0.15) is 0 Å². The molecular formula is C25H31N5O3. The standard InChI is InChI=1S/C25H31N5O3/c1-29(2)20-10-8-17(9-11-20)24(32)28-19-14-22-25(33)26-15-21(30(22)16-19)12-13-23(31)27-18-6-4-3-5-7-18/h3-11,19,21-22H,12-16H2,1-2H3,(H,26,33)(H,27,31)(H,28,32). The van der Waals surface area contributed by atoms with Crippen LogP contribution in [0.1, 0.15) is 29.6 Å². The summed E-state index contributed by atoms with van der Waals surface area (Å²) in [4.78, 5) is 41.7. The Labute approximate surface area is 194 Å². The maximum absolute atomic E-state index is 12.7. The molecule has 0 bridgehead atoms. The van der Waals surface area contributed by atoms with Gasteiger partial charge < -0.3 is 20.9 Å². The summed E-state index contributed by atoms with van der Waals surface area (Å²) < 4.78 is 0. The Morgan fingerprint density at radius 2 is 1.82 bits per heavy atom. The van der Waals surface area contributed by atoms with Gasteiger partial charge >= 0.3 is 0 Å². The molecule has 0 radical (unpaired) electrons. The van der Waals surface area contributed by atoms with Gasteiger partial charge in [0.25, 0.3) is 5.91 Å². The number of benzene rings is 2. The highest BCUT2D eigenvalue weighted by Crippen LogP contribution is 2.26. The van der Waals surface area contributed by atoms with E-state index in [4.69, 9.17) is 0 Å². The lowest BCUT2D eigenvalue weighted by Gasteiger charge is -2.37. The van der Waals surface area contributed by atoms with Crippen molar-refractivity contribution in [2.24, 2.45) is 0 Å². The van der Waals surface area contributed by atoms with Crippen molar-refractivity contribution in [2.75, 3.05) is 37.4 Å². The normalized spacial score (nSPS) is 22.2. The van der Waals surface area contributed by atoms with E-state index in [0.717, 1.165) is 11.4 Å². The fourth-order valence-electron chi connectivity index (χ4n) is 4.57. The molecule has 3 atom stereocenters. The van der Waals surface area contributed by atoms with Crippen LogP contribution in [0.2, 0.25) is 0 Å². The van der Waals surface area contributed by atoms with Crippen LogP contribution in [0, 0.1) is 0 Å². The van der Waals surface area contributed by atoms with Gasteiger partial charge in [0.2, 0.25) is 11.8 Å². The number of fused-ring (bicyclic) bond motifs is 1. The van der Waals surface area contributed by atoms with E-state index >= 15 is 0 Å². The summed E-state index contributed by atoms with van der Waals surface area (Å²) in [7, 11) is 3.91. The van der Waals surface area contributed by atoms with Gasteiger partial charge in [0.15, 0.2) is 0 Å². The first-order valence-electron chi connectivity index (χ1n) is 11.4. The molecule has 2 aliphatic rings. The zero-order valence-corrected chi connectivity index (χ0v) is 19.1. The molecule has 8 heteroatoms. The summed E-state index contributed by atoms with van der Waals surface area (Å²) in [6, 6.07) is 16.5. The minimum Gasteiger partial charge on any atom is -0.378 e. The maximum atomic E-state index is 12.7. The van der Waals surface area contributed by atoms with E-state index < -0.39 is 0 Å². The minimum absolute atomic E-state index is 0.00734. The van der Waals surface area contributed by atoms with Crippen LogP contribution >= 0.6 is 0 Å². The molecule has 3 unspecified atom stereocenters. The van der Waals surface area contributed by atoms with Crippen molar-refractivity contribution >= 4 is 29.1 Å². The monoisotopic (exact) mass is 449 g/mol. The number of para-hydroxylation sites is 1. The van der Waals surface area contributed by atoms with E-state index in [1.54, 1.807) is 0 Å². The molecule has 4 rings (SSSR count). The number of nitrogens with one attached hydrogen (secondary N) is 3. The van der Waals surface area contributed by atoms with E-state index in [1.165, 1.54) is 0 Å². The third-order valence-electron chi connectivity index (χ3n) is 6.37. The molecule has 0 aromatic heterocycles. The molecule has 0 aliphatic carbocycles. The molecule has 2 fully saturated rings. The predicted molar refractivity (Wildman–Crippen MR) is 128 cm³/mol. The number of piperazine rings is 1. The van der Waals surface area contributed by atoms with Gasteiger partial charge in [0, 0.05) is 62.6 Å². The van der Waals surface area contributed by atoms with Crippen molar-refractivity contribution in [2.45, 2.75) is 37.4 Å². The van der Waals surface area contributed by atoms with Crippen molar-refractivity contribution in [1.82, 2.24) is 15.5 Å². The van der Waals surface area contributed by atoms with Crippen molar-refractivity contribution < 1.29 is 14.4 Å². The summed E-state index contributed by atoms with van der Waals surface area (Å²) >= 11 is 0. The highest BCUT2D eigenvalue weighted by Gasteiger charge is 2.43. The first-order chi connectivity index (χ1) is 15.9. The average molecular weight is 450 g/mol. The van der Waals surface area contributed by atoms with Crippen molar-refractivity contribution in [3.8, 4) is 0 Å². The van der Waals surface area contributed by atoms with Crippen LogP contribution in [0.25, 0.3) is 0 Å². The van der Waals surface area contributed by atoms with Crippen LogP contribution < -0.4 is 20.9 Å². The third kappa shape index (κ3) is 5.51. The van der Waals surface area contributed by atoms with Gasteiger partial charge in [-0.2, -0.15) is 0 Å². The Bertz CT molecular complexity index is 993. The summed E-state index contributed by atoms with van der Waals surface area (Å²) in [5.74, 6) is -0.184. The molecule has 2 heterocycles. The molecule has 2 aromatic rings. The zero-order chi connectivity index (χ0) is 23.4. The number of carbonyl (C=O) groups is 3. The van der Waals surface area contributed by atoms with Crippen LogP contribution in [-0.4, -0.2) is 67.9 Å². The molecule has 8 nitrogen and oxygen atoms in total. The molecule has 2 aliphatic heterocycles. The quantitative estimate of drug-likeness (QED) is 0.600. The van der Waals surface area contributed by atoms with Crippen molar-refractivity contribution in [3.63, 3.8) is 0 Å². The summed E-state index contributed by atoms with van der Waals surface area (Å²) in [6.45, 7) is 1.12. The highest BCUT2D eigenvalue weighted by molar-refractivity contribution is 5.95. The van der Waals surface area contributed by atoms with E-state index in [0.29, 0.717) is 37.9 Å². The second kappa shape index (κ2) is 10.0. The lowest BCUT2D eigenvalue weighted by molar-refractivity contribution is -0.129. The Hall–Kier alpha value is -3.39. The Morgan fingerprint density at radius 1 is 1.09 bits per heavy atom. The zero-order valence-electron chi connectivity index (χ0n) is 19.1. The number of anilines is 2. The number of carbonyl (C=O) groups excluding carboxylic acids is 3. The summed E-state index contributed by atoms with van der Waals surface area (Å²) in [6.07, 6.45) is 1.58. The largest absolute Gasteiger partial charge is 0.378 e. The van der Waals surface area contributed by atoms with Crippen LogP contribution in [0.5, 0.6) is 0 Å². The van der Waals surface area contributed by atoms with Gasteiger partial charge in [0.05, 0.1) is 6.04 Å². The van der Waals surface area contributed by atoms with E-state index in [9.17, 15) is 14.4 Å². The van der Waals surface area contributed by atoms with E-state index in [2.05, 4.69) is 20.9 Å². The lowest BCUT2D eigenvalue weighted by Crippen LogP contribution is -2.57. The Balaban J connectivity index is 1.32. The molecule has 2 saturated heterocycles. The summed E-state index contributed by atoms with van der Waals surface area (Å²) in [5, 5.41) is 8.96. The molecular weight excluding hydrogens is 418 g/mol. The number of amides is 3. The van der Waals surface area contributed by atoms with Gasteiger partial charge in [-0.1, -0.05) is 18.2 Å². The van der Waals surface area contributed by atoms with Crippen LogP contribution in [-0.2, 0) is 9.59 Å². The number of rotatable bonds is 7. The average Bonchev–Trinajstić information content (AvgIpc) is 3.24. The second-order valence-corrected chi connectivity index (χ2v) is 8.91.